The quantitative estimate of drug-likeness (QED) is 0.769. The zero-order valence-corrected chi connectivity index (χ0v) is 11.0. The molecule has 2 unspecified atom stereocenters. The van der Waals surface area contributed by atoms with Gasteiger partial charge in [0, 0.05) is 18.8 Å². The van der Waals surface area contributed by atoms with Crippen LogP contribution in [-0.4, -0.2) is 31.8 Å². The number of anilines is 1. The maximum Gasteiger partial charge on any atom is 0.255 e. The number of ether oxygens (including phenoxy) is 2. The first kappa shape index (κ1) is 14.3. The minimum Gasteiger partial charge on any atom is -0.484 e. The number of methoxy groups -OCH3 is 1. The summed E-state index contributed by atoms with van der Waals surface area (Å²) in [5, 5.41) is 3.31. The van der Waals surface area contributed by atoms with Crippen LogP contribution in [0.25, 0.3) is 0 Å². The summed E-state index contributed by atoms with van der Waals surface area (Å²) in [5.41, 5.74) is 5.96. The lowest BCUT2D eigenvalue weighted by Crippen LogP contribution is -2.29. The van der Waals surface area contributed by atoms with Crippen molar-refractivity contribution >= 4 is 11.6 Å². The van der Waals surface area contributed by atoms with Gasteiger partial charge in [0.25, 0.3) is 5.91 Å². The fraction of sp³-hybridized carbons (Fsp3) is 0.462. The Bertz CT molecular complexity index is 378. The number of hydrogen-bond acceptors (Lipinski definition) is 4. The zero-order valence-electron chi connectivity index (χ0n) is 11.0. The molecule has 0 aliphatic heterocycles. The van der Waals surface area contributed by atoms with E-state index in [1.807, 2.05) is 26.0 Å². The van der Waals surface area contributed by atoms with Crippen LogP contribution in [0.5, 0.6) is 5.75 Å². The summed E-state index contributed by atoms with van der Waals surface area (Å²) in [7, 11) is 1.68. The Hall–Kier alpha value is -1.75. The SMILES string of the molecule is COC(C)C(C)Nc1ccc(OCC(N)=O)cc1. The number of nitrogens with two attached hydrogens (primary N) is 1. The molecule has 0 radical (unpaired) electrons. The number of nitrogens with one attached hydrogen (secondary N) is 1. The van der Waals surface area contributed by atoms with Crippen molar-refractivity contribution in [2.45, 2.75) is 26.0 Å². The van der Waals surface area contributed by atoms with Crippen LogP contribution in [-0.2, 0) is 9.53 Å². The number of primary amides is 1. The Morgan fingerprint density at radius 2 is 1.94 bits per heavy atom. The van der Waals surface area contributed by atoms with Crippen molar-refractivity contribution in [3.05, 3.63) is 24.3 Å². The maximum absolute atomic E-state index is 10.6. The van der Waals surface area contributed by atoms with Crippen molar-refractivity contribution in [3.63, 3.8) is 0 Å². The van der Waals surface area contributed by atoms with E-state index in [9.17, 15) is 4.79 Å². The predicted octanol–water partition coefficient (Wildman–Crippen LogP) is 1.39. The van der Waals surface area contributed by atoms with E-state index in [4.69, 9.17) is 15.2 Å². The summed E-state index contributed by atoms with van der Waals surface area (Å²) in [6, 6.07) is 7.54. The van der Waals surface area contributed by atoms with E-state index >= 15 is 0 Å². The molecule has 3 N–H and O–H groups in total. The lowest BCUT2D eigenvalue weighted by atomic mass is 10.2. The normalized spacial score (nSPS) is 13.7. The summed E-state index contributed by atoms with van der Waals surface area (Å²) in [5.74, 6) is 0.131. The van der Waals surface area contributed by atoms with Crippen molar-refractivity contribution in [3.8, 4) is 5.75 Å². The first-order valence-electron chi connectivity index (χ1n) is 5.83. The molecule has 1 amide bonds. The molecule has 0 spiro atoms. The Morgan fingerprint density at radius 1 is 1.33 bits per heavy atom. The molecular weight excluding hydrogens is 232 g/mol. The van der Waals surface area contributed by atoms with Gasteiger partial charge in [-0.3, -0.25) is 4.79 Å². The molecule has 2 atom stereocenters. The third-order valence-electron chi connectivity index (χ3n) is 2.71. The van der Waals surface area contributed by atoms with E-state index in [2.05, 4.69) is 5.32 Å². The summed E-state index contributed by atoms with van der Waals surface area (Å²) in [4.78, 5) is 10.6. The molecule has 0 heterocycles. The fourth-order valence-electron chi connectivity index (χ4n) is 1.39. The molecule has 0 saturated heterocycles. The smallest absolute Gasteiger partial charge is 0.255 e. The van der Waals surface area contributed by atoms with Crippen molar-refractivity contribution < 1.29 is 14.3 Å². The fourth-order valence-corrected chi connectivity index (χ4v) is 1.39. The van der Waals surface area contributed by atoms with Gasteiger partial charge in [-0.2, -0.15) is 0 Å². The first-order chi connectivity index (χ1) is 8.52. The van der Waals surface area contributed by atoms with Crippen LogP contribution in [0.3, 0.4) is 0 Å². The molecule has 5 heteroatoms. The van der Waals surface area contributed by atoms with Gasteiger partial charge in [0.05, 0.1) is 6.10 Å². The molecule has 0 aliphatic rings. The number of hydrogen-bond donors (Lipinski definition) is 2. The second-order valence-electron chi connectivity index (χ2n) is 4.15. The molecule has 18 heavy (non-hydrogen) atoms. The van der Waals surface area contributed by atoms with Crippen LogP contribution in [0.15, 0.2) is 24.3 Å². The number of benzene rings is 1. The van der Waals surface area contributed by atoms with Crippen LogP contribution >= 0.6 is 0 Å². The molecule has 0 aromatic heterocycles. The van der Waals surface area contributed by atoms with E-state index in [-0.39, 0.29) is 18.8 Å². The molecule has 100 valence electrons. The molecule has 0 bridgehead atoms. The second-order valence-corrected chi connectivity index (χ2v) is 4.15. The molecule has 1 rings (SSSR count). The molecule has 5 nitrogen and oxygen atoms in total. The first-order valence-corrected chi connectivity index (χ1v) is 5.83. The van der Waals surface area contributed by atoms with Gasteiger partial charge in [-0.05, 0) is 38.1 Å². The molecular formula is C13H20N2O3. The highest BCUT2D eigenvalue weighted by Gasteiger charge is 2.10. The number of rotatable bonds is 7. The molecule has 0 aliphatic carbocycles. The average Bonchev–Trinajstić information content (AvgIpc) is 2.36. The minimum absolute atomic E-state index is 0.107. The van der Waals surface area contributed by atoms with Crippen molar-refractivity contribution in [1.82, 2.24) is 0 Å². The standard InChI is InChI=1S/C13H20N2O3/c1-9(10(2)17-3)15-11-4-6-12(7-5-11)18-8-13(14)16/h4-7,9-10,15H,8H2,1-3H3,(H2,14,16). The Labute approximate surface area is 107 Å². The van der Waals surface area contributed by atoms with Gasteiger partial charge in [0.15, 0.2) is 6.61 Å². The van der Waals surface area contributed by atoms with Gasteiger partial charge in [0.2, 0.25) is 0 Å². The Morgan fingerprint density at radius 3 is 2.44 bits per heavy atom. The summed E-state index contributed by atoms with van der Waals surface area (Å²) >= 11 is 0. The van der Waals surface area contributed by atoms with E-state index < -0.39 is 5.91 Å². The highest BCUT2D eigenvalue weighted by atomic mass is 16.5. The van der Waals surface area contributed by atoms with E-state index in [1.165, 1.54) is 0 Å². The van der Waals surface area contributed by atoms with Gasteiger partial charge in [0.1, 0.15) is 5.75 Å². The number of carbonyl (C=O) groups excluding carboxylic acids is 1. The lowest BCUT2D eigenvalue weighted by molar-refractivity contribution is -0.119. The summed E-state index contributed by atoms with van der Waals surface area (Å²) in [6.45, 7) is 3.94. The van der Waals surface area contributed by atoms with Crippen LogP contribution in [0.4, 0.5) is 5.69 Å². The van der Waals surface area contributed by atoms with Crippen LogP contribution < -0.4 is 15.8 Å². The number of carbonyl (C=O) groups is 1. The van der Waals surface area contributed by atoms with Crippen LogP contribution in [0.2, 0.25) is 0 Å². The van der Waals surface area contributed by atoms with Gasteiger partial charge in [-0.1, -0.05) is 0 Å². The Balaban J connectivity index is 2.52. The van der Waals surface area contributed by atoms with E-state index in [0.29, 0.717) is 5.75 Å². The van der Waals surface area contributed by atoms with Gasteiger partial charge >= 0.3 is 0 Å². The second kappa shape index (κ2) is 6.86. The largest absolute Gasteiger partial charge is 0.484 e. The summed E-state index contributed by atoms with van der Waals surface area (Å²) < 4.78 is 10.4. The Kier molecular flexibility index (Phi) is 5.45. The minimum atomic E-state index is -0.486. The topological polar surface area (TPSA) is 73.6 Å². The lowest BCUT2D eigenvalue weighted by Gasteiger charge is -2.21. The molecule has 1 aromatic carbocycles. The maximum atomic E-state index is 10.6. The van der Waals surface area contributed by atoms with Crippen molar-refractivity contribution in [2.75, 3.05) is 19.0 Å². The molecule has 0 saturated carbocycles. The number of amides is 1. The van der Waals surface area contributed by atoms with Crippen molar-refractivity contribution in [1.29, 1.82) is 0 Å². The predicted molar refractivity (Wildman–Crippen MR) is 70.7 cm³/mol. The van der Waals surface area contributed by atoms with E-state index in [1.54, 1.807) is 19.2 Å². The summed E-state index contributed by atoms with van der Waals surface area (Å²) in [6.07, 6.45) is 0.121. The highest BCUT2D eigenvalue weighted by molar-refractivity contribution is 5.75. The average molecular weight is 252 g/mol. The van der Waals surface area contributed by atoms with Crippen LogP contribution in [0, 0.1) is 0 Å². The van der Waals surface area contributed by atoms with Crippen LogP contribution in [0.1, 0.15) is 13.8 Å². The van der Waals surface area contributed by atoms with Crippen molar-refractivity contribution in [2.24, 2.45) is 5.73 Å². The zero-order chi connectivity index (χ0) is 13.5. The third kappa shape index (κ3) is 4.63. The van der Waals surface area contributed by atoms with Gasteiger partial charge < -0.3 is 20.5 Å². The van der Waals surface area contributed by atoms with E-state index in [0.717, 1.165) is 5.69 Å². The third-order valence-corrected chi connectivity index (χ3v) is 2.71. The molecule has 0 fully saturated rings. The van der Waals surface area contributed by atoms with Gasteiger partial charge in [-0.15, -0.1) is 0 Å². The monoisotopic (exact) mass is 252 g/mol. The highest BCUT2D eigenvalue weighted by Crippen LogP contribution is 2.17. The molecule has 1 aromatic rings. The van der Waals surface area contributed by atoms with Gasteiger partial charge in [-0.25, -0.2) is 0 Å².